The summed E-state index contributed by atoms with van der Waals surface area (Å²) in [6.45, 7) is 2.28. The number of cyclic esters (lactones) is 1. The fourth-order valence-electron chi connectivity index (χ4n) is 4.61. The van der Waals surface area contributed by atoms with Gasteiger partial charge in [0.1, 0.15) is 0 Å². The molecule has 0 aromatic rings. The SMILES string of the molecule is O=C1C[C@H](CC(=O)N2C[C@@H]3[C@H](C2)[C@H]2C=C[C@H]3CC2)CO1. The van der Waals surface area contributed by atoms with Crippen molar-refractivity contribution in [2.75, 3.05) is 19.7 Å². The first-order valence-corrected chi connectivity index (χ1v) is 7.82. The van der Waals surface area contributed by atoms with Crippen LogP contribution in [0.4, 0.5) is 0 Å². The zero-order valence-corrected chi connectivity index (χ0v) is 11.7. The van der Waals surface area contributed by atoms with E-state index >= 15 is 0 Å². The summed E-state index contributed by atoms with van der Waals surface area (Å²) in [5.74, 6) is 2.93. The maximum atomic E-state index is 12.4. The lowest BCUT2D eigenvalue weighted by molar-refractivity contribution is -0.138. The van der Waals surface area contributed by atoms with Crippen molar-refractivity contribution in [3.8, 4) is 0 Å². The first-order valence-electron chi connectivity index (χ1n) is 7.82. The molecule has 20 heavy (non-hydrogen) atoms. The average Bonchev–Trinajstić information content (AvgIpc) is 3.07. The van der Waals surface area contributed by atoms with E-state index in [4.69, 9.17) is 4.74 Å². The molecule has 5 atom stereocenters. The van der Waals surface area contributed by atoms with Crippen molar-refractivity contribution < 1.29 is 14.3 Å². The maximum Gasteiger partial charge on any atom is 0.306 e. The van der Waals surface area contributed by atoms with Gasteiger partial charge in [-0.3, -0.25) is 9.59 Å². The highest BCUT2D eigenvalue weighted by Crippen LogP contribution is 2.48. The van der Waals surface area contributed by atoms with Crippen molar-refractivity contribution >= 4 is 11.9 Å². The molecule has 5 aliphatic rings. The van der Waals surface area contributed by atoms with Gasteiger partial charge in [0.25, 0.3) is 0 Å². The van der Waals surface area contributed by atoms with Crippen LogP contribution < -0.4 is 0 Å². The Kier molecular flexibility index (Phi) is 2.86. The Labute approximate surface area is 119 Å². The van der Waals surface area contributed by atoms with Gasteiger partial charge in [-0.15, -0.1) is 0 Å². The molecular weight excluding hydrogens is 254 g/mol. The number of carbonyl (C=O) groups is 2. The maximum absolute atomic E-state index is 12.4. The minimum atomic E-state index is -0.153. The molecule has 3 aliphatic carbocycles. The molecule has 0 unspecified atom stereocenters. The molecule has 0 N–H and O–H groups in total. The molecule has 1 saturated carbocycles. The molecule has 4 heteroatoms. The molecule has 1 amide bonds. The van der Waals surface area contributed by atoms with Crippen molar-refractivity contribution in [2.45, 2.75) is 25.7 Å². The summed E-state index contributed by atoms with van der Waals surface area (Å²) in [6, 6.07) is 0. The molecular formula is C16H21NO3. The van der Waals surface area contributed by atoms with Crippen LogP contribution in [0.1, 0.15) is 25.7 Å². The second-order valence-corrected chi connectivity index (χ2v) is 6.87. The van der Waals surface area contributed by atoms with Gasteiger partial charge in [0.05, 0.1) is 13.0 Å². The van der Waals surface area contributed by atoms with Crippen molar-refractivity contribution in [3.05, 3.63) is 12.2 Å². The summed E-state index contributed by atoms with van der Waals surface area (Å²) in [6.07, 6.45) is 8.26. The van der Waals surface area contributed by atoms with Crippen molar-refractivity contribution in [3.63, 3.8) is 0 Å². The van der Waals surface area contributed by atoms with Crippen LogP contribution in [-0.2, 0) is 14.3 Å². The third-order valence-corrected chi connectivity index (χ3v) is 5.70. The summed E-state index contributed by atoms with van der Waals surface area (Å²) in [7, 11) is 0. The monoisotopic (exact) mass is 275 g/mol. The van der Waals surface area contributed by atoms with E-state index in [0.29, 0.717) is 43.1 Å². The van der Waals surface area contributed by atoms with Crippen LogP contribution in [-0.4, -0.2) is 36.5 Å². The Balaban J connectivity index is 1.39. The number of rotatable bonds is 2. The molecule has 0 aromatic carbocycles. The van der Waals surface area contributed by atoms with Gasteiger partial charge in [-0.1, -0.05) is 12.2 Å². The number of amides is 1. The van der Waals surface area contributed by atoms with Gasteiger partial charge in [-0.05, 0) is 36.5 Å². The Morgan fingerprint density at radius 3 is 2.35 bits per heavy atom. The summed E-state index contributed by atoms with van der Waals surface area (Å²) in [5, 5.41) is 0. The van der Waals surface area contributed by atoms with E-state index in [2.05, 4.69) is 17.1 Å². The van der Waals surface area contributed by atoms with Crippen LogP contribution in [0.15, 0.2) is 12.2 Å². The fraction of sp³-hybridized carbons (Fsp3) is 0.750. The Bertz CT molecular complexity index is 450. The van der Waals surface area contributed by atoms with Crippen LogP contribution in [0.3, 0.4) is 0 Å². The Morgan fingerprint density at radius 1 is 1.20 bits per heavy atom. The highest BCUT2D eigenvalue weighted by atomic mass is 16.5. The van der Waals surface area contributed by atoms with E-state index in [9.17, 15) is 9.59 Å². The number of carbonyl (C=O) groups excluding carboxylic acids is 2. The van der Waals surface area contributed by atoms with E-state index in [0.717, 1.165) is 13.1 Å². The Hall–Kier alpha value is -1.32. The van der Waals surface area contributed by atoms with E-state index in [1.807, 2.05) is 0 Å². The molecule has 2 heterocycles. The number of nitrogens with zero attached hydrogens (tertiary/aromatic N) is 1. The van der Waals surface area contributed by atoms with Gasteiger partial charge in [-0.25, -0.2) is 0 Å². The largest absolute Gasteiger partial charge is 0.465 e. The first kappa shape index (κ1) is 12.4. The number of allylic oxidation sites excluding steroid dienone is 2. The standard InChI is InChI=1S/C16H21NO3/c18-15(5-10-6-16(19)20-9-10)17-7-13-11-1-2-12(4-3-11)14(13)8-17/h1-2,10-14H,3-9H2/t10-,11-,12-,13-,14+/m0/s1. The van der Waals surface area contributed by atoms with Gasteiger partial charge in [0.15, 0.2) is 0 Å². The van der Waals surface area contributed by atoms with Gasteiger partial charge in [0, 0.05) is 25.4 Å². The summed E-state index contributed by atoms with van der Waals surface area (Å²) in [5.41, 5.74) is 0. The fourth-order valence-corrected chi connectivity index (χ4v) is 4.61. The van der Waals surface area contributed by atoms with Crippen molar-refractivity contribution in [1.82, 2.24) is 4.90 Å². The number of likely N-dealkylation sites (tertiary alicyclic amines) is 1. The molecule has 5 rings (SSSR count). The van der Waals surface area contributed by atoms with Crippen LogP contribution in [0.25, 0.3) is 0 Å². The first-order chi connectivity index (χ1) is 9.70. The number of hydrogen-bond acceptors (Lipinski definition) is 3. The highest BCUT2D eigenvalue weighted by molar-refractivity contribution is 5.79. The van der Waals surface area contributed by atoms with Gasteiger partial charge >= 0.3 is 5.97 Å². The number of esters is 1. The molecule has 2 saturated heterocycles. The van der Waals surface area contributed by atoms with Crippen LogP contribution in [0, 0.1) is 29.6 Å². The number of hydrogen-bond donors (Lipinski definition) is 0. The van der Waals surface area contributed by atoms with E-state index < -0.39 is 0 Å². The molecule has 0 spiro atoms. The van der Waals surface area contributed by atoms with E-state index in [1.54, 1.807) is 0 Å². The molecule has 2 bridgehead atoms. The van der Waals surface area contributed by atoms with E-state index in [-0.39, 0.29) is 17.8 Å². The normalized spacial score (nSPS) is 41.9. The summed E-state index contributed by atoms with van der Waals surface area (Å²) < 4.78 is 4.95. The molecule has 3 fully saturated rings. The molecule has 2 aliphatic heterocycles. The van der Waals surface area contributed by atoms with Gasteiger partial charge in [-0.2, -0.15) is 0 Å². The number of ether oxygens (including phenoxy) is 1. The molecule has 108 valence electrons. The second kappa shape index (κ2) is 4.61. The van der Waals surface area contributed by atoms with Crippen LogP contribution >= 0.6 is 0 Å². The summed E-state index contributed by atoms with van der Waals surface area (Å²) in [4.78, 5) is 25.6. The zero-order valence-electron chi connectivity index (χ0n) is 11.7. The average molecular weight is 275 g/mol. The van der Waals surface area contributed by atoms with Crippen LogP contribution in [0.5, 0.6) is 0 Å². The molecule has 4 nitrogen and oxygen atoms in total. The van der Waals surface area contributed by atoms with Crippen LogP contribution in [0.2, 0.25) is 0 Å². The topological polar surface area (TPSA) is 46.6 Å². The minimum absolute atomic E-state index is 0.104. The summed E-state index contributed by atoms with van der Waals surface area (Å²) >= 11 is 0. The predicted octanol–water partition coefficient (Wildman–Crippen LogP) is 1.61. The van der Waals surface area contributed by atoms with E-state index in [1.165, 1.54) is 12.8 Å². The van der Waals surface area contributed by atoms with Gasteiger partial charge < -0.3 is 9.64 Å². The molecule has 0 aromatic heterocycles. The quantitative estimate of drug-likeness (QED) is 0.568. The molecule has 0 radical (unpaired) electrons. The van der Waals surface area contributed by atoms with Crippen molar-refractivity contribution in [2.24, 2.45) is 29.6 Å². The van der Waals surface area contributed by atoms with Crippen molar-refractivity contribution in [1.29, 1.82) is 0 Å². The number of fused-ring (bicyclic) bond motifs is 1. The third-order valence-electron chi connectivity index (χ3n) is 5.70. The second-order valence-electron chi connectivity index (χ2n) is 6.87. The minimum Gasteiger partial charge on any atom is -0.465 e. The zero-order chi connectivity index (χ0) is 13.7. The lowest BCUT2D eigenvalue weighted by Crippen LogP contribution is -2.35. The van der Waals surface area contributed by atoms with Gasteiger partial charge in [0.2, 0.25) is 5.91 Å². The third kappa shape index (κ3) is 1.97. The highest BCUT2D eigenvalue weighted by Gasteiger charge is 2.47. The lowest BCUT2D eigenvalue weighted by Gasteiger charge is -2.40. The Morgan fingerprint density at radius 2 is 1.85 bits per heavy atom. The smallest absolute Gasteiger partial charge is 0.306 e. The predicted molar refractivity (Wildman–Crippen MR) is 72.6 cm³/mol. The lowest BCUT2D eigenvalue weighted by atomic mass is 9.64.